The van der Waals surface area contributed by atoms with Gasteiger partial charge in [0.1, 0.15) is 12.7 Å². The van der Waals surface area contributed by atoms with Gasteiger partial charge < -0.3 is 19.9 Å². The summed E-state index contributed by atoms with van der Waals surface area (Å²) in [4.78, 5) is 15.9. The molecule has 7 heteroatoms. The first-order valence-electron chi connectivity index (χ1n) is 16.9. The first-order chi connectivity index (χ1) is 20.8. The minimum atomic E-state index is -3.19. The van der Waals surface area contributed by atoms with Crippen LogP contribution in [-0.2, 0) is 4.79 Å². The number of piperazine rings is 1. The molecule has 2 aromatic rings. The van der Waals surface area contributed by atoms with E-state index in [9.17, 15) is 9.90 Å². The molecular weight excluding hydrogens is 394 g/mol. The quantitative estimate of drug-likeness (QED) is 0.621. The highest BCUT2D eigenvalue weighted by molar-refractivity contribution is 5.93. The molecule has 31 heavy (non-hydrogen) atoms. The van der Waals surface area contributed by atoms with E-state index < -0.39 is 80.8 Å². The van der Waals surface area contributed by atoms with Gasteiger partial charge in [0, 0.05) is 46.6 Å². The number of carbonyl (C=O) groups excluding carboxylic acids is 1. The second-order valence-electron chi connectivity index (χ2n) is 6.73. The maximum absolute atomic E-state index is 13.2. The van der Waals surface area contributed by atoms with Crippen molar-refractivity contribution < 1.29 is 39.9 Å². The van der Waals surface area contributed by atoms with E-state index in [0.29, 0.717) is 0 Å². The van der Waals surface area contributed by atoms with E-state index in [1.54, 1.807) is 11.0 Å². The van der Waals surface area contributed by atoms with E-state index in [0.717, 1.165) is 4.90 Å². The Morgan fingerprint density at radius 2 is 1.90 bits per heavy atom. The summed E-state index contributed by atoms with van der Waals surface area (Å²) in [7, 11) is -2.75. The molecule has 1 atom stereocenters. The predicted octanol–water partition coefficient (Wildman–Crippen LogP) is 2.31. The Labute approximate surface area is 205 Å². The lowest BCUT2D eigenvalue weighted by Gasteiger charge is -2.35. The molecule has 168 valence electrons. The smallest absolute Gasteiger partial charge is 0.238 e. The van der Waals surface area contributed by atoms with E-state index in [-0.39, 0.29) is 44.2 Å². The Hall–Kier alpha value is -2.61. The molecule has 3 rings (SSSR count). The van der Waals surface area contributed by atoms with Crippen LogP contribution < -0.4 is 14.8 Å². The Morgan fingerprint density at radius 1 is 1.23 bits per heavy atom. The van der Waals surface area contributed by atoms with Gasteiger partial charge in [0.05, 0.1) is 25.9 Å². The number of methoxy groups -OCH3 is 1. The summed E-state index contributed by atoms with van der Waals surface area (Å²) in [6, 6.07) is 2.85. The number of rotatable bonds is 9. The van der Waals surface area contributed by atoms with Crippen molar-refractivity contribution in [1.82, 2.24) is 9.80 Å². The Balaban J connectivity index is 1.71. The highest BCUT2D eigenvalue weighted by Crippen LogP contribution is 2.25. The monoisotopic (exact) mass is 442 g/mol. The van der Waals surface area contributed by atoms with Crippen LogP contribution in [0.4, 0.5) is 5.69 Å². The number of nitrogens with zero attached hydrogens (tertiary/aromatic N) is 2. The second kappa shape index (κ2) is 11.1. The number of nitrogens with one attached hydrogen (secondary N) is 1. The molecule has 0 aromatic heterocycles. The van der Waals surface area contributed by atoms with Crippen molar-refractivity contribution in [2.45, 2.75) is 19.8 Å². The van der Waals surface area contributed by atoms with Crippen LogP contribution in [0.1, 0.15) is 31.7 Å². The molecule has 0 bridgehead atoms. The zero-order valence-electron chi connectivity index (χ0n) is 31.6. The van der Waals surface area contributed by atoms with Crippen molar-refractivity contribution in [3.05, 3.63) is 53.5 Å². The number of anilines is 1. The van der Waals surface area contributed by atoms with Crippen LogP contribution in [0.5, 0.6) is 11.5 Å². The SMILES string of the molecule is [2H]c1c([2H])c(C([2H])([2H])[2H])c(NC(=O)C([2H])([2H])N2CCN(CC([2H])(O)COc3ccccc3OC([2H])([2H])[2H])CC2)c(C([2H])([2H])[2H])c1[2H]. The number of aliphatic hydroxyl groups is 1. The van der Waals surface area contributed by atoms with E-state index in [1.165, 1.54) is 18.2 Å². The highest BCUT2D eigenvalue weighted by atomic mass is 16.5. The van der Waals surface area contributed by atoms with Crippen LogP contribution in [0.15, 0.2) is 42.4 Å². The number of amides is 1. The lowest BCUT2D eigenvalue weighted by Crippen LogP contribution is -2.50. The number of hydrogen-bond acceptors (Lipinski definition) is 6. The minimum Gasteiger partial charge on any atom is -0.493 e. The van der Waals surface area contributed by atoms with Crippen LogP contribution in [0.3, 0.4) is 0 Å². The van der Waals surface area contributed by atoms with Crippen molar-refractivity contribution in [2.24, 2.45) is 0 Å². The van der Waals surface area contributed by atoms with Crippen molar-refractivity contribution in [3.8, 4) is 11.5 Å². The van der Waals surface area contributed by atoms with Gasteiger partial charge in [-0.3, -0.25) is 14.6 Å². The van der Waals surface area contributed by atoms with Gasteiger partial charge >= 0.3 is 0 Å². The fourth-order valence-electron chi connectivity index (χ4n) is 2.95. The van der Waals surface area contributed by atoms with Gasteiger partial charge in [0.2, 0.25) is 5.91 Å². The third-order valence-corrected chi connectivity index (χ3v) is 4.51. The molecule has 1 unspecified atom stereocenters. The van der Waals surface area contributed by atoms with Crippen LogP contribution in [0, 0.1) is 13.7 Å². The number of para-hydroxylation sites is 3. The fourth-order valence-corrected chi connectivity index (χ4v) is 2.95. The minimum absolute atomic E-state index is 0.0101. The number of ether oxygens (including phenoxy) is 2. The van der Waals surface area contributed by atoms with Crippen LogP contribution in [0.25, 0.3) is 0 Å². The molecule has 1 heterocycles. The molecule has 1 saturated heterocycles. The second-order valence-corrected chi connectivity index (χ2v) is 6.73. The predicted molar refractivity (Wildman–Crippen MR) is 122 cm³/mol. The molecule has 2 aromatic carbocycles. The maximum atomic E-state index is 13.2. The summed E-state index contributed by atoms with van der Waals surface area (Å²) in [5.74, 6) is -1.58. The molecule has 1 aliphatic heterocycles. The summed E-state index contributed by atoms with van der Waals surface area (Å²) in [5.41, 5.74) is -2.94. The summed E-state index contributed by atoms with van der Waals surface area (Å²) >= 11 is 0. The number of benzene rings is 2. The first-order valence-corrected chi connectivity index (χ1v) is 9.42. The number of carbonyl (C=O) groups is 1. The average Bonchev–Trinajstić information content (AvgIpc) is 2.89. The van der Waals surface area contributed by atoms with E-state index in [2.05, 4.69) is 0 Å². The lowest BCUT2D eigenvalue weighted by atomic mass is 10.1. The summed E-state index contributed by atoms with van der Waals surface area (Å²) in [6.45, 7) is -10.2. The molecule has 1 fully saturated rings. The summed E-state index contributed by atoms with van der Waals surface area (Å²) in [5, 5.41) is 12.6. The summed E-state index contributed by atoms with van der Waals surface area (Å²) in [6.07, 6.45) is -2.20. The molecular formula is C24H33N3O4. The maximum Gasteiger partial charge on any atom is 0.238 e. The molecule has 1 amide bonds. The van der Waals surface area contributed by atoms with Crippen LogP contribution in [0.2, 0.25) is 0 Å². The fraction of sp³-hybridized carbons (Fsp3) is 0.458. The van der Waals surface area contributed by atoms with E-state index >= 15 is 0 Å². The molecule has 7 nitrogen and oxygen atoms in total. The largest absolute Gasteiger partial charge is 0.493 e. The van der Waals surface area contributed by atoms with Gasteiger partial charge in [0.15, 0.2) is 11.5 Å². The van der Waals surface area contributed by atoms with Gasteiger partial charge in [-0.25, -0.2) is 0 Å². The van der Waals surface area contributed by atoms with Gasteiger partial charge in [-0.1, -0.05) is 30.3 Å². The van der Waals surface area contributed by atoms with Crippen LogP contribution >= 0.6 is 0 Å². The lowest BCUT2D eigenvalue weighted by molar-refractivity contribution is -0.117. The van der Waals surface area contributed by atoms with Crippen LogP contribution in [-0.4, -0.2) is 79.8 Å². The molecule has 2 N–H and O–H groups in total. The van der Waals surface area contributed by atoms with Crippen molar-refractivity contribution in [3.63, 3.8) is 0 Å². The zero-order chi connectivity index (χ0) is 35.0. The Kier molecular flexibility index (Phi) is 3.71. The molecule has 1 aliphatic rings. The zero-order valence-corrected chi connectivity index (χ0v) is 16.6. The van der Waals surface area contributed by atoms with Crippen molar-refractivity contribution >= 4 is 11.6 Å². The van der Waals surface area contributed by atoms with Gasteiger partial charge in [0.25, 0.3) is 0 Å². The van der Waals surface area contributed by atoms with Gasteiger partial charge in [-0.15, -0.1) is 0 Å². The normalized spacial score (nSPS) is 25.8. The average molecular weight is 443 g/mol. The third-order valence-electron chi connectivity index (χ3n) is 4.51. The topological polar surface area (TPSA) is 74.3 Å². The van der Waals surface area contributed by atoms with Crippen molar-refractivity contribution in [1.29, 1.82) is 0 Å². The van der Waals surface area contributed by atoms with E-state index in [4.69, 9.17) is 30.0 Å². The number of hydrogen-bond donors (Lipinski definition) is 2. The van der Waals surface area contributed by atoms with Gasteiger partial charge in [-0.05, 0) is 37.0 Å². The third kappa shape index (κ3) is 6.69. The molecule has 0 spiro atoms. The van der Waals surface area contributed by atoms with Crippen molar-refractivity contribution in [2.75, 3.05) is 58.2 Å². The Bertz CT molecular complexity index is 1380. The Morgan fingerprint density at radius 3 is 2.58 bits per heavy atom. The first kappa shape index (κ1) is 10.3. The molecule has 0 radical (unpaired) electrons. The highest BCUT2D eigenvalue weighted by Gasteiger charge is 2.21. The number of β-amino-alcohol motifs (C(OH)–C–C–N with tert-alkyl or cyclic N) is 1. The summed E-state index contributed by atoms with van der Waals surface area (Å²) < 4.78 is 128. The van der Waals surface area contributed by atoms with Gasteiger partial charge in [-0.2, -0.15) is 0 Å². The van der Waals surface area contributed by atoms with E-state index in [1.807, 2.05) is 5.32 Å². The molecule has 0 aliphatic carbocycles. The molecule has 0 saturated carbocycles. The standard InChI is InChI=1S/C24H33N3O4/c1-18-7-6-8-19(2)24(18)25-23(29)16-27-13-11-26(12-14-27)15-20(28)17-31-22-10-5-4-9-21(22)30-3/h4-10,20,28H,11-17H2,1-3H3,(H,25,29)/i1D3,2D3,3D3,6D,7D,8D,16D2,20D.